The third-order valence-electron chi connectivity index (χ3n) is 5.70. The standard InChI is InChI=1S/C19H29N3.C9H12/c1-14(2)17-10-8-16(9-11-17)13-21-18(22-20-7)12-19(5,6)15(3)4;1-3-9-7-5-4-6-8(9)2/h8-11,14H,3,12-13H2,1-2,4-7H3;4-7H,3H2,1-2H3. The molecule has 2 rings (SSSR count). The predicted octanol–water partition coefficient (Wildman–Crippen LogP) is 8.34. The molecule has 31 heavy (non-hydrogen) atoms. The van der Waals surface area contributed by atoms with E-state index < -0.39 is 0 Å². The van der Waals surface area contributed by atoms with Crippen LogP contribution in [0.25, 0.3) is 0 Å². The number of aryl methyl sites for hydroxylation is 2. The first-order chi connectivity index (χ1) is 14.6. The van der Waals surface area contributed by atoms with Crippen molar-refractivity contribution < 1.29 is 0 Å². The predicted molar refractivity (Wildman–Crippen MR) is 136 cm³/mol. The quantitative estimate of drug-likeness (QED) is 0.187. The number of hydrogen-bond acceptors (Lipinski definition) is 2. The van der Waals surface area contributed by atoms with Crippen molar-refractivity contribution in [1.29, 1.82) is 0 Å². The monoisotopic (exact) mass is 419 g/mol. The lowest BCUT2D eigenvalue weighted by atomic mass is 9.82. The van der Waals surface area contributed by atoms with Gasteiger partial charge in [0.05, 0.1) is 6.54 Å². The second-order valence-electron chi connectivity index (χ2n) is 9.05. The van der Waals surface area contributed by atoms with Crippen molar-refractivity contribution in [2.45, 2.75) is 73.8 Å². The van der Waals surface area contributed by atoms with Gasteiger partial charge in [0.15, 0.2) is 0 Å². The van der Waals surface area contributed by atoms with Crippen molar-refractivity contribution in [3.05, 3.63) is 82.9 Å². The highest BCUT2D eigenvalue weighted by atomic mass is 15.1. The van der Waals surface area contributed by atoms with E-state index in [1.165, 1.54) is 22.3 Å². The number of allylic oxidation sites excluding steroid dienone is 1. The maximum Gasteiger partial charge on any atom is 0.146 e. The number of nitrogens with zero attached hydrogens (tertiary/aromatic N) is 3. The van der Waals surface area contributed by atoms with E-state index in [2.05, 4.69) is 112 Å². The Bertz CT molecular complexity index is 871. The molecule has 0 unspecified atom stereocenters. The van der Waals surface area contributed by atoms with Gasteiger partial charge in [-0.15, -0.1) is 5.11 Å². The normalized spacial score (nSPS) is 12.1. The van der Waals surface area contributed by atoms with Crippen LogP contribution in [0.5, 0.6) is 0 Å². The maximum atomic E-state index is 4.64. The molecule has 0 aromatic heterocycles. The van der Waals surface area contributed by atoms with Gasteiger partial charge in [0.1, 0.15) is 5.84 Å². The summed E-state index contributed by atoms with van der Waals surface area (Å²) in [4.78, 5) is 4.64. The molecule has 0 heterocycles. The smallest absolute Gasteiger partial charge is 0.146 e. The Kier molecular flexibility index (Phi) is 11.1. The SMILES string of the molecule is C=C(C)C(C)(C)CC(N=NC)=NCc1ccc(C(C)C)cc1.CCc1ccccc1C. The molecule has 0 radical (unpaired) electrons. The molecule has 0 bridgehead atoms. The van der Waals surface area contributed by atoms with Crippen LogP contribution in [-0.2, 0) is 13.0 Å². The van der Waals surface area contributed by atoms with Gasteiger partial charge in [0.2, 0.25) is 0 Å². The number of rotatable bonds is 7. The van der Waals surface area contributed by atoms with Gasteiger partial charge in [-0.2, -0.15) is 5.11 Å². The van der Waals surface area contributed by atoms with E-state index in [0.29, 0.717) is 12.5 Å². The first-order valence-electron chi connectivity index (χ1n) is 11.2. The summed E-state index contributed by atoms with van der Waals surface area (Å²) in [7, 11) is 1.68. The summed E-state index contributed by atoms with van der Waals surface area (Å²) in [6.07, 6.45) is 1.90. The number of benzene rings is 2. The molecular weight excluding hydrogens is 378 g/mol. The minimum atomic E-state index is -0.0193. The van der Waals surface area contributed by atoms with Crippen molar-refractivity contribution in [2.24, 2.45) is 20.6 Å². The van der Waals surface area contributed by atoms with E-state index in [0.717, 1.165) is 24.3 Å². The summed E-state index contributed by atoms with van der Waals surface area (Å²) in [5.74, 6) is 1.34. The van der Waals surface area contributed by atoms with Crippen LogP contribution in [0.1, 0.15) is 76.1 Å². The van der Waals surface area contributed by atoms with Crippen LogP contribution in [0, 0.1) is 12.3 Å². The Balaban J connectivity index is 0.000000442. The van der Waals surface area contributed by atoms with Gasteiger partial charge in [0, 0.05) is 13.5 Å². The molecule has 0 aliphatic carbocycles. The molecule has 0 N–H and O–H groups in total. The third kappa shape index (κ3) is 9.42. The summed E-state index contributed by atoms with van der Waals surface area (Å²) < 4.78 is 0. The zero-order chi connectivity index (χ0) is 23.4. The molecule has 2 aromatic rings. The molecule has 0 spiro atoms. The highest BCUT2D eigenvalue weighted by Gasteiger charge is 2.21. The molecule has 3 heteroatoms. The largest absolute Gasteiger partial charge is 0.264 e. The molecule has 0 amide bonds. The molecule has 0 fully saturated rings. The first-order valence-corrected chi connectivity index (χ1v) is 11.2. The van der Waals surface area contributed by atoms with Crippen LogP contribution >= 0.6 is 0 Å². The van der Waals surface area contributed by atoms with Gasteiger partial charge >= 0.3 is 0 Å². The molecular formula is C28H41N3. The van der Waals surface area contributed by atoms with Gasteiger partial charge in [-0.1, -0.05) is 95.3 Å². The zero-order valence-corrected chi connectivity index (χ0v) is 20.9. The summed E-state index contributed by atoms with van der Waals surface area (Å²) in [6.45, 7) is 19.8. The van der Waals surface area contributed by atoms with Crippen LogP contribution in [0.2, 0.25) is 0 Å². The molecule has 0 saturated heterocycles. The van der Waals surface area contributed by atoms with Gasteiger partial charge < -0.3 is 0 Å². The third-order valence-corrected chi connectivity index (χ3v) is 5.70. The van der Waals surface area contributed by atoms with Crippen LogP contribution in [0.15, 0.2) is 75.9 Å². The van der Waals surface area contributed by atoms with Gasteiger partial charge in [-0.25, -0.2) is 0 Å². The van der Waals surface area contributed by atoms with Gasteiger partial charge in [-0.3, -0.25) is 4.99 Å². The van der Waals surface area contributed by atoms with E-state index in [1.54, 1.807) is 7.05 Å². The fourth-order valence-electron chi connectivity index (χ4n) is 2.98. The van der Waals surface area contributed by atoms with Crippen molar-refractivity contribution in [3.8, 4) is 0 Å². The topological polar surface area (TPSA) is 37.1 Å². The lowest BCUT2D eigenvalue weighted by Gasteiger charge is -2.24. The van der Waals surface area contributed by atoms with E-state index in [9.17, 15) is 0 Å². The Hall–Kier alpha value is -2.55. The molecule has 0 atom stereocenters. The number of amidine groups is 1. The zero-order valence-electron chi connectivity index (χ0n) is 20.9. The van der Waals surface area contributed by atoms with Crippen LogP contribution < -0.4 is 0 Å². The van der Waals surface area contributed by atoms with Crippen molar-refractivity contribution in [1.82, 2.24) is 0 Å². The summed E-state index contributed by atoms with van der Waals surface area (Å²) in [5.41, 5.74) is 6.52. The fraction of sp³-hybridized carbons (Fsp3) is 0.464. The lowest BCUT2D eigenvalue weighted by molar-refractivity contribution is 0.466. The van der Waals surface area contributed by atoms with Crippen molar-refractivity contribution >= 4 is 5.84 Å². The number of azo groups is 1. The maximum absolute atomic E-state index is 4.64. The molecule has 2 aromatic carbocycles. The van der Waals surface area contributed by atoms with E-state index in [1.807, 2.05) is 6.92 Å². The summed E-state index contributed by atoms with van der Waals surface area (Å²) in [6, 6.07) is 17.1. The van der Waals surface area contributed by atoms with Crippen LogP contribution in [0.3, 0.4) is 0 Å². The summed E-state index contributed by atoms with van der Waals surface area (Å²) >= 11 is 0. The minimum absolute atomic E-state index is 0.0193. The number of hydrogen-bond donors (Lipinski definition) is 0. The molecule has 0 aliphatic heterocycles. The second kappa shape index (κ2) is 13.0. The van der Waals surface area contributed by atoms with Crippen molar-refractivity contribution in [3.63, 3.8) is 0 Å². The molecule has 0 saturated carbocycles. The van der Waals surface area contributed by atoms with Crippen LogP contribution in [-0.4, -0.2) is 12.9 Å². The lowest BCUT2D eigenvalue weighted by Crippen LogP contribution is -2.17. The van der Waals surface area contributed by atoms with Crippen LogP contribution in [0.4, 0.5) is 0 Å². The van der Waals surface area contributed by atoms with E-state index in [4.69, 9.17) is 0 Å². The van der Waals surface area contributed by atoms with Crippen molar-refractivity contribution in [2.75, 3.05) is 7.05 Å². The first kappa shape index (κ1) is 26.5. The van der Waals surface area contributed by atoms with E-state index in [-0.39, 0.29) is 5.41 Å². The Morgan fingerprint density at radius 3 is 2.10 bits per heavy atom. The Morgan fingerprint density at radius 2 is 1.65 bits per heavy atom. The fourth-order valence-corrected chi connectivity index (χ4v) is 2.98. The molecule has 3 nitrogen and oxygen atoms in total. The average Bonchev–Trinajstić information content (AvgIpc) is 2.73. The summed E-state index contributed by atoms with van der Waals surface area (Å²) in [5, 5.41) is 8.08. The highest BCUT2D eigenvalue weighted by Crippen LogP contribution is 2.29. The Morgan fingerprint density at radius 1 is 1.03 bits per heavy atom. The Labute approximate surface area is 190 Å². The number of aliphatic imine (C=N–C) groups is 1. The minimum Gasteiger partial charge on any atom is -0.264 e. The molecule has 0 aliphatic rings. The average molecular weight is 420 g/mol. The van der Waals surface area contributed by atoms with Gasteiger partial charge in [0.25, 0.3) is 0 Å². The van der Waals surface area contributed by atoms with Gasteiger partial charge in [-0.05, 0) is 53.9 Å². The highest BCUT2D eigenvalue weighted by molar-refractivity contribution is 5.83. The van der Waals surface area contributed by atoms with E-state index >= 15 is 0 Å². The second-order valence-corrected chi connectivity index (χ2v) is 9.05. The molecule has 168 valence electrons.